The molecule has 2 rings (SSSR count). The van der Waals surface area contributed by atoms with E-state index in [0.717, 1.165) is 5.75 Å². The van der Waals surface area contributed by atoms with Gasteiger partial charge in [-0.1, -0.05) is 18.2 Å². The van der Waals surface area contributed by atoms with Crippen molar-refractivity contribution in [3.63, 3.8) is 0 Å². The van der Waals surface area contributed by atoms with Crippen molar-refractivity contribution in [1.29, 1.82) is 4.78 Å². The molecule has 20 heavy (non-hydrogen) atoms. The molecule has 3 N–H and O–H groups in total. The van der Waals surface area contributed by atoms with Crippen LogP contribution < -0.4 is 10.5 Å². The predicted molar refractivity (Wildman–Crippen MR) is 80.7 cm³/mol. The van der Waals surface area contributed by atoms with Crippen molar-refractivity contribution >= 4 is 15.4 Å². The second-order valence-corrected chi connectivity index (χ2v) is 6.12. The monoisotopic (exact) mass is 288 g/mol. The first-order chi connectivity index (χ1) is 9.53. The molecule has 0 saturated heterocycles. The fraction of sp³-hybridized carbons (Fsp3) is 0.0667. The zero-order chi connectivity index (χ0) is 14.6. The van der Waals surface area contributed by atoms with E-state index in [4.69, 9.17) is 15.3 Å². The Morgan fingerprint density at radius 3 is 2.30 bits per heavy atom. The molecule has 0 saturated carbocycles. The Bertz CT molecular complexity index is 705. The smallest absolute Gasteiger partial charge is 0.118 e. The van der Waals surface area contributed by atoms with Crippen LogP contribution in [0.4, 0.5) is 0 Å². The van der Waals surface area contributed by atoms with E-state index < -0.39 is 9.73 Å². The molecule has 0 amide bonds. The zero-order valence-electron chi connectivity index (χ0n) is 11.1. The van der Waals surface area contributed by atoms with Crippen molar-refractivity contribution < 1.29 is 8.95 Å². The van der Waals surface area contributed by atoms with Gasteiger partial charge in [0.2, 0.25) is 0 Å². The molecule has 0 aliphatic heterocycles. The van der Waals surface area contributed by atoms with Crippen LogP contribution in [0.2, 0.25) is 0 Å². The molecule has 1 unspecified atom stereocenters. The number of hydrogen-bond donors (Lipinski definition) is 2. The standard InChI is InChI=1S/C15H16N2O2S/c1-19-13-9-7-12(8-10-13)15(16)11-20(17,18)14-5-3-2-4-6-14/h2-11,17H,16H2,1H3/b15-11+. The summed E-state index contributed by atoms with van der Waals surface area (Å²) in [5.74, 6) is 0.719. The third-order valence-electron chi connectivity index (χ3n) is 2.81. The summed E-state index contributed by atoms with van der Waals surface area (Å²) in [4.78, 5) is 0.441. The highest BCUT2D eigenvalue weighted by atomic mass is 32.2. The maximum absolute atomic E-state index is 12.4. The first-order valence-electron chi connectivity index (χ1n) is 5.98. The molecule has 0 aliphatic carbocycles. The molecule has 0 aromatic heterocycles. The topological polar surface area (TPSA) is 76.2 Å². The highest BCUT2D eigenvalue weighted by molar-refractivity contribution is 7.95. The minimum atomic E-state index is -3.04. The Hall–Kier alpha value is -2.27. The molecule has 2 aromatic rings. The maximum atomic E-state index is 12.4. The largest absolute Gasteiger partial charge is 0.497 e. The van der Waals surface area contributed by atoms with Gasteiger partial charge in [-0.15, -0.1) is 0 Å². The number of nitrogens with one attached hydrogen (secondary N) is 1. The zero-order valence-corrected chi connectivity index (χ0v) is 11.9. The van der Waals surface area contributed by atoms with Gasteiger partial charge in [0.15, 0.2) is 0 Å². The van der Waals surface area contributed by atoms with Gasteiger partial charge in [-0.05, 0) is 42.0 Å². The second-order valence-electron chi connectivity index (χ2n) is 4.22. The quantitative estimate of drug-likeness (QED) is 0.907. The van der Waals surface area contributed by atoms with Gasteiger partial charge in [-0.25, -0.2) is 8.99 Å². The lowest BCUT2D eigenvalue weighted by molar-refractivity contribution is 0.415. The lowest BCUT2D eigenvalue weighted by Gasteiger charge is -2.06. The molecule has 4 nitrogen and oxygen atoms in total. The molecular formula is C15H16N2O2S. The highest BCUT2D eigenvalue weighted by Crippen LogP contribution is 2.19. The lowest BCUT2D eigenvalue weighted by Crippen LogP contribution is -2.02. The summed E-state index contributed by atoms with van der Waals surface area (Å²) < 4.78 is 25.4. The van der Waals surface area contributed by atoms with E-state index in [2.05, 4.69) is 0 Å². The van der Waals surface area contributed by atoms with Crippen LogP contribution in [-0.2, 0) is 9.73 Å². The van der Waals surface area contributed by atoms with Gasteiger partial charge in [-0.3, -0.25) is 0 Å². The molecule has 0 radical (unpaired) electrons. The summed E-state index contributed by atoms with van der Waals surface area (Å²) in [6, 6.07) is 15.7. The molecule has 5 heteroatoms. The van der Waals surface area contributed by atoms with Gasteiger partial charge < -0.3 is 10.5 Å². The molecule has 0 bridgehead atoms. The normalized spacial score (nSPS) is 14.6. The van der Waals surface area contributed by atoms with E-state index in [-0.39, 0.29) is 0 Å². The van der Waals surface area contributed by atoms with Crippen LogP contribution in [0.5, 0.6) is 5.75 Å². The fourth-order valence-corrected chi connectivity index (χ4v) is 2.91. The molecule has 2 aromatic carbocycles. The maximum Gasteiger partial charge on any atom is 0.118 e. The summed E-state index contributed by atoms with van der Waals surface area (Å²) in [5.41, 5.74) is 6.96. The molecule has 0 heterocycles. The van der Waals surface area contributed by atoms with E-state index in [1.165, 1.54) is 5.41 Å². The fourth-order valence-electron chi connectivity index (χ4n) is 1.72. The second kappa shape index (κ2) is 5.79. The number of methoxy groups -OCH3 is 1. The van der Waals surface area contributed by atoms with Crippen LogP contribution in [-0.4, -0.2) is 11.3 Å². The van der Waals surface area contributed by atoms with Crippen molar-refractivity contribution in [2.75, 3.05) is 7.11 Å². The Labute approximate surface area is 118 Å². The molecule has 0 spiro atoms. The third-order valence-corrected chi connectivity index (χ3v) is 4.37. The summed E-state index contributed by atoms with van der Waals surface area (Å²) in [7, 11) is -1.46. The van der Waals surface area contributed by atoms with Crippen molar-refractivity contribution in [2.24, 2.45) is 5.73 Å². The first kappa shape index (κ1) is 14.1. The van der Waals surface area contributed by atoms with Gasteiger partial charge in [0.25, 0.3) is 0 Å². The third kappa shape index (κ3) is 3.19. The Morgan fingerprint density at radius 2 is 1.75 bits per heavy atom. The van der Waals surface area contributed by atoms with Crippen molar-refractivity contribution in [3.05, 3.63) is 65.6 Å². The Kier molecular flexibility index (Phi) is 4.10. The number of benzene rings is 2. The van der Waals surface area contributed by atoms with Gasteiger partial charge in [-0.2, -0.15) is 0 Å². The van der Waals surface area contributed by atoms with Crippen LogP contribution in [0.25, 0.3) is 5.70 Å². The van der Waals surface area contributed by atoms with Gasteiger partial charge in [0.05, 0.1) is 21.7 Å². The molecule has 1 atom stereocenters. The number of nitrogens with two attached hydrogens (primary N) is 1. The average Bonchev–Trinajstić information content (AvgIpc) is 2.48. The van der Waals surface area contributed by atoms with Crippen molar-refractivity contribution in [2.45, 2.75) is 4.90 Å². The predicted octanol–water partition coefficient (Wildman–Crippen LogP) is 3.06. The van der Waals surface area contributed by atoms with E-state index in [9.17, 15) is 4.21 Å². The minimum Gasteiger partial charge on any atom is -0.497 e. The van der Waals surface area contributed by atoms with E-state index in [0.29, 0.717) is 16.2 Å². The van der Waals surface area contributed by atoms with E-state index >= 15 is 0 Å². The van der Waals surface area contributed by atoms with Crippen LogP contribution in [0.15, 0.2) is 64.9 Å². The molecule has 0 aliphatic rings. The van der Waals surface area contributed by atoms with Crippen molar-refractivity contribution in [1.82, 2.24) is 0 Å². The number of hydrogen-bond acceptors (Lipinski definition) is 4. The van der Waals surface area contributed by atoms with Crippen molar-refractivity contribution in [3.8, 4) is 5.75 Å². The van der Waals surface area contributed by atoms with Gasteiger partial charge >= 0.3 is 0 Å². The van der Waals surface area contributed by atoms with E-state index in [1.54, 1.807) is 55.6 Å². The summed E-state index contributed by atoms with van der Waals surface area (Å²) in [5, 5.41) is 1.30. The number of ether oxygens (including phenoxy) is 1. The lowest BCUT2D eigenvalue weighted by atomic mass is 10.2. The molecule has 104 valence electrons. The van der Waals surface area contributed by atoms with Crippen LogP contribution in [0, 0.1) is 4.78 Å². The summed E-state index contributed by atoms with van der Waals surface area (Å²) in [6.45, 7) is 0. The SMILES string of the molecule is COc1ccc(/C(N)=C\S(=N)(=O)c2ccccc2)cc1. The van der Waals surface area contributed by atoms with Crippen LogP contribution in [0.1, 0.15) is 5.56 Å². The van der Waals surface area contributed by atoms with Crippen LogP contribution in [0.3, 0.4) is 0 Å². The first-order valence-corrected chi connectivity index (χ1v) is 7.60. The Balaban J connectivity index is 2.34. The van der Waals surface area contributed by atoms with E-state index in [1.807, 2.05) is 6.07 Å². The van der Waals surface area contributed by atoms with Crippen LogP contribution >= 0.6 is 0 Å². The molecule has 0 fully saturated rings. The number of rotatable bonds is 4. The summed E-state index contributed by atoms with van der Waals surface area (Å²) >= 11 is 0. The Morgan fingerprint density at radius 1 is 1.15 bits per heavy atom. The average molecular weight is 288 g/mol. The van der Waals surface area contributed by atoms with Gasteiger partial charge in [0, 0.05) is 11.1 Å². The van der Waals surface area contributed by atoms with Gasteiger partial charge in [0.1, 0.15) is 5.75 Å². The molecular weight excluding hydrogens is 272 g/mol. The summed E-state index contributed by atoms with van der Waals surface area (Å²) in [6.07, 6.45) is 0. The highest BCUT2D eigenvalue weighted by Gasteiger charge is 2.08. The minimum absolute atomic E-state index is 0.316.